The van der Waals surface area contributed by atoms with Crippen LogP contribution >= 0.6 is 11.3 Å². The molecule has 2 aromatic carbocycles. The van der Waals surface area contributed by atoms with Crippen LogP contribution in [-0.4, -0.2) is 11.7 Å². The van der Waals surface area contributed by atoms with Crippen molar-refractivity contribution in [1.29, 1.82) is 0 Å². The number of thiophene rings is 1. The Labute approximate surface area is 159 Å². The van der Waals surface area contributed by atoms with Crippen LogP contribution in [0.4, 0.5) is 20.8 Å². The molecule has 5 nitrogen and oxygen atoms in total. The van der Waals surface area contributed by atoms with E-state index >= 15 is 0 Å². The van der Waals surface area contributed by atoms with Crippen LogP contribution in [-0.2, 0) is 0 Å². The summed E-state index contributed by atoms with van der Waals surface area (Å²) in [4.78, 5) is 25.2. The molecule has 0 aliphatic carbocycles. The van der Waals surface area contributed by atoms with Crippen LogP contribution in [0.15, 0.2) is 42.5 Å². The van der Waals surface area contributed by atoms with E-state index in [0.29, 0.717) is 16.3 Å². The number of nitrogens with two attached hydrogens (primary N) is 2. The SMILES string of the molecule is Cc1ccc(C)c(C(=O)c2sc(Nc3ccc(F)cc3)c(C(N)=O)c2N)c1. The van der Waals surface area contributed by atoms with Crippen LogP contribution in [0.5, 0.6) is 0 Å². The van der Waals surface area contributed by atoms with Crippen molar-refractivity contribution in [3.05, 3.63) is 75.4 Å². The summed E-state index contributed by atoms with van der Waals surface area (Å²) in [6.45, 7) is 3.73. The monoisotopic (exact) mass is 383 g/mol. The topological polar surface area (TPSA) is 98.2 Å². The molecule has 0 fully saturated rings. The minimum atomic E-state index is -0.742. The molecule has 0 saturated heterocycles. The van der Waals surface area contributed by atoms with Gasteiger partial charge in [0.05, 0.1) is 11.3 Å². The summed E-state index contributed by atoms with van der Waals surface area (Å²) >= 11 is 1.05. The van der Waals surface area contributed by atoms with E-state index < -0.39 is 5.91 Å². The lowest BCUT2D eigenvalue weighted by atomic mass is 10.00. The van der Waals surface area contributed by atoms with Crippen molar-refractivity contribution < 1.29 is 14.0 Å². The van der Waals surface area contributed by atoms with Gasteiger partial charge in [-0.25, -0.2) is 4.39 Å². The summed E-state index contributed by atoms with van der Waals surface area (Å²) in [5, 5.41) is 3.34. The number of nitrogen functional groups attached to an aromatic ring is 1. The molecule has 3 aromatic rings. The van der Waals surface area contributed by atoms with Crippen molar-refractivity contribution in [3.8, 4) is 0 Å². The maximum Gasteiger partial charge on any atom is 0.253 e. The van der Waals surface area contributed by atoms with Crippen molar-refractivity contribution >= 4 is 39.4 Å². The quantitative estimate of drug-likeness (QED) is 0.576. The number of nitrogens with one attached hydrogen (secondary N) is 1. The molecule has 1 aromatic heterocycles. The molecule has 0 unspecified atom stereocenters. The summed E-state index contributed by atoms with van der Waals surface area (Å²) in [6, 6.07) is 11.2. The van der Waals surface area contributed by atoms with Crippen LogP contribution in [0.1, 0.15) is 36.7 Å². The van der Waals surface area contributed by atoms with Gasteiger partial charge in [-0.05, 0) is 49.7 Å². The van der Waals surface area contributed by atoms with Gasteiger partial charge in [0, 0.05) is 11.3 Å². The molecular formula is C20H18FN3O2S. The van der Waals surface area contributed by atoms with Crippen LogP contribution in [0, 0.1) is 19.7 Å². The maximum atomic E-state index is 13.1. The Morgan fingerprint density at radius 3 is 2.37 bits per heavy atom. The van der Waals surface area contributed by atoms with Gasteiger partial charge in [-0.1, -0.05) is 17.7 Å². The highest BCUT2D eigenvalue weighted by atomic mass is 32.1. The number of aryl methyl sites for hydroxylation is 2. The Morgan fingerprint density at radius 2 is 1.74 bits per heavy atom. The summed E-state index contributed by atoms with van der Waals surface area (Å²) < 4.78 is 13.1. The first kappa shape index (κ1) is 18.6. The van der Waals surface area contributed by atoms with Crippen molar-refractivity contribution in [2.24, 2.45) is 5.73 Å². The number of primary amides is 1. The summed E-state index contributed by atoms with van der Waals surface area (Å²) in [7, 11) is 0. The molecule has 3 rings (SSSR count). The molecule has 0 spiro atoms. The van der Waals surface area contributed by atoms with E-state index in [1.165, 1.54) is 24.3 Å². The second kappa shape index (κ2) is 7.20. The Bertz CT molecular complexity index is 1040. The summed E-state index contributed by atoms with van der Waals surface area (Å²) in [5.41, 5.74) is 14.5. The largest absolute Gasteiger partial charge is 0.397 e. The summed E-state index contributed by atoms with van der Waals surface area (Å²) in [6.07, 6.45) is 0. The fraction of sp³-hybridized carbons (Fsp3) is 0.100. The van der Waals surface area contributed by atoms with Crippen LogP contribution in [0.2, 0.25) is 0 Å². The zero-order valence-electron chi connectivity index (χ0n) is 14.8. The Kier molecular flexibility index (Phi) is 4.96. The molecule has 5 N–H and O–H groups in total. The standard InChI is InChI=1S/C20H18FN3O2S/c1-10-3-4-11(2)14(9-10)17(25)18-16(22)15(19(23)26)20(27-18)24-13-7-5-12(21)6-8-13/h3-9,24H,22H2,1-2H3,(H2,23,26). The van der Waals surface area contributed by atoms with Gasteiger partial charge >= 0.3 is 0 Å². The average Bonchev–Trinajstić information content (AvgIpc) is 2.94. The first-order chi connectivity index (χ1) is 12.8. The smallest absolute Gasteiger partial charge is 0.253 e. The maximum absolute atomic E-state index is 13.1. The van der Waals surface area contributed by atoms with Gasteiger partial charge in [-0.3, -0.25) is 9.59 Å². The second-order valence-corrected chi connectivity index (χ2v) is 7.21. The van der Waals surface area contributed by atoms with E-state index in [1.807, 2.05) is 26.0 Å². The highest BCUT2D eigenvalue weighted by Crippen LogP contribution is 2.38. The number of anilines is 3. The van der Waals surface area contributed by atoms with E-state index in [0.717, 1.165) is 22.5 Å². The van der Waals surface area contributed by atoms with Crippen molar-refractivity contribution in [1.82, 2.24) is 0 Å². The Hall–Kier alpha value is -3.19. The zero-order chi connectivity index (χ0) is 19.7. The molecule has 0 bridgehead atoms. The fourth-order valence-electron chi connectivity index (χ4n) is 2.71. The van der Waals surface area contributed by atoms with Crippen molar-refractivity contribution in [3.63, 3.8) is 0 Å². The van der Waals surface area contributed by atoms with Gasteiger partial charge < -0.3 is 16.8 Å². The molecule has 0 aliphatic rings. The minimum absolute atomic E-state index is 0.0445. The predicted molar refractivity (Wildman–Crippen MR) is 106 cm³/mol. The van der Waals surface area contributed by atoms with Gasteiger partial charge in [0.2, 0.25) is 5.78 Å². The van der Waals surface area contributed by atoms with E-state index in [-0.39, 0.29) is 27.7 Å². The lowest BCUT2D eigenvalue weighted by Gasteiger charge is -2.05. The minimum Gasteiger partial charge on any atom is -0.397 e. The Morgan fingerprint density at radius 1 is 1.07 bits per heavy atom. The van der Waals surface area contributed by atoms with E-state index in [1.54, 1.807) is 6.07 Å². The number of carbonyl (C=O) groups excluding carboxylic acids is 2. The molecule has 27 heavy (non-hydrogen) atoms. The number of rotatable bonds is 5. The van der Waals surface area contributed by atoms with Gasteiger partial charge in [-0.2, -0.15) is 0 Å². The molecule has 0 saturated carbocycles. The number of hydrogen-bond acceptors (Lipinski definition) is 5. The molecule has 1 heterocycles. The first-order valence-electron chi connectivity index (χ1n) is 8.14. The third-order valence-electron chi connectivity index (χ3n) is 4.14. The summed E-state index contributed by atoms with van der Waals surface area (Å²) in [5.74, 6) is -1.39. The van der Waals surface area contributed by atoms with Gasteiger partial charge in [0.1, 0.15) is 15.7 Å². The normalized spacial score (nSPS) is 10.6. The third-order valence-corrected chi connectivity index (χ3v) is 5.26. The number of amides is 1. The van der Waals surface area contributed by atoms with Crippen molar-refractivity contribution in [2.75, 3.05) is 11.1 Å². The Balaban J connectivity index is 2.06. The molecule has 0 radical (unpaired) electrons. The van der Waals surface area contributed by atoms with Crippen LogP contribution < -0.4 is 16.8 Å². The van der Waals surface area contributed by atoms with Gasteiger partial charge in [0.25, 0.3) is 5.91 Å². The average molecular weight is 383 g/mol. The molecule has 0 aliphatic heterocycles. The molecular weight excluding hydrogens is 365 g/mol. The van der Waals surface area contributed by atoms with E-state index in [4.69, 9.17) is 11.5 Å². The molecule has 1 amide bonds. The number of carbonyl (C=O) groups is 2. The van der Waals surface area contributed by atoms with Crippen LogP contribution in [0.3, 0.4) is 0 Å². The van der Waals surface area contributed by atoms with E-state index in [2.05, 4.69) is 5.32 Å². The zero-order valence-corrected chi connectivity index (χ0v) is 15.6. The first-order valence-corrected chi connectivity index (χ1v) is 8.96. The highest BCUT2D eigenvalue weighted by Gasteiger charge is 2.26. The highest BCUT2D eigenvalue weighted by molar-refractivity contribution is 7.19. The number of hydrogen-bond donors (Lipinski definition) is 3. The van der Waals surface area contributed by atoms with Crippen molar-refractivity contribution in [2.45, 2.75) is 13.8 Å². The molecule has 0 atom stereocenters. The third kappa shape index (κ3) is 3.68. The number of ketones is 1. The van der Waals surface area contributed by atoms with Gasteiger partial charge in [0.15, 0.2) is 0 Å². The lowest BCUT2D eigenvalue weighted by molar-refractivity contribution is 0.100. The fourth-order valence-corrected chi connectivity index (χ4v) is 3.81. The lowest BCUT2D eigenvalue weighted by Crippen LogP contribution is -2.14. The molecule has 7 heteroatoms. The van der Waals surface area contributed by atoms with E-state index in [9.17, 15) is 14.0 Å². The number of halogens is 1. The second-order valence-electron chi connectivity index (χ2n) is 6.19. The molecule has 138 valence electrons. The number of benzene rings is 2. The predicted octanol–water partition coefficient (Wildman–Crippen LogP) is 4.16. The van der Waals surface area contributed by atoms with Crippen LogP contribution in [0.25, 0.3) is 0 Å². The van der Waals surface area contributed by atoms with Gasteiger partial charge in [-0.15, -0.1) is 11.3 Å².